The zero-order valence-corrected chi connectivity index (χ0v) is 9.89. The molecule has 0 radical (unpaired) electrons. The van der Waals surface area contributed by atoms with Gasteiger partial charge in [0.2, 0.25) is 0 Å². The van der Waals surface area contributed by atoms with Gasteiger partial charge in [-0.25, -0.2) is 0 Å². The lowest BCUT2D eigenvalue weighted by Gasteiger charge is -2.35. The number of rotatable bonds is 2. The van der Waals surface area contributed by atoms with Gasteiger partial charge in [0.05, 0.1) is 12.2 Å². The first-order valence-corrected chi connectivity index (χ1v) is 5.79. The highest BCUT2D eigenvalue weighted by atomic mass is 16.5. The van der Waals surface area contributed by atoms with Gasteiger partial charge < -0.3 is 9.84 Å². The summed E-state index contributed by atoms with van der Waals surface area (Å²) in [5.41, 5.74) is 1.24. The van der Waals surface area contributed by atoms with Crippen molar-refractivity contribution in [2.24, 2.45) is 0 Å². The molecule has 1 fully saturated rings. The molecule has 1 N–H and O–H groups in total. The number of phenolic OH excluding ortho intramolecular Hbond substituents is 1. The van der Waals surface area contributed by atoms with Crippen LogP contribution in [0.3, 0.4) is 0 Å². The second-order valence-electron chi connectivity index (χ2n) is 4.62. The van der Waals surface area contributed by atoms with E-state index in [9.17, 15) is 5.11 Å². The SMILES string of the molecule is CC1CN(Cc2ccc(O)cc2)CC(C)O1. The molecule has 0 saturated carbocycles. The highest BCUT2D eigenvalue weighted by Gasteiger charge is 2.21. The second-order valence-corrected chi connectivity index (χ2v) is 4.62. The summed E-state index contributed by atoms with van der Waals surface area (Å²) in [5.74, 6) is 0.326. The summed E-state index contributed by atoms with van der Waals surface area (Å²) in [7, 11) is 0. The van der Waals surface area contributed by atoms with E-state index in [1.165, 1.54) is 5.56 Å². The fraction of sp³-hybridized carbons (Fsp3) is 0.538. The van der Waals surface area contributed by atoms with Crippen LogP contribution in [0.2, 0.25) is 0 Å². The summed E-state index contributed by atoms with van der Waals surface area (Å²) < 4.78 is 5.69. The molecule has 2 atom stereocenters. The Labute approximate surface area is 96.6 Å². The predicted octanol–water partition coefficient (Wildman–Crippen LogP) is 2.00. The molecule has 1 saturated heterocycles. The molecule has 0 bridgehead atoms. The van der Waals surface area contributed by atoms with Gasteiger partial charge in [0.1, 0.15) is 5.75 Å². The molecule has 3 heteroatoms. The van der Waals surface area contributed by atoms with Crippen molar-refractivity contribution in [1.29, 1.82) is 0 Å². The van der Waals surface area contributed by atoms with Crippen molar-refractivity contribution < 1.29 is 9.84 Å². The molecule has 1 aromatic rings. The third-order valence-electron chi connectivity index (χ3n) is 2.84. The number of nitrogens with zero attached hydrogens (tertiary/aromatic N) is 1. The van der Waals surface area contributed by atoms with E-state index in [-0.39, 0.29) is 0 Å². The van der Waals surface area contributed by atoms with E-state index < -0.39 is 0 Å². The predicted molar refractivity (Wildman–Crippen MR) is 63.4 cm³/mol. The van der Waals surface area contributed by atoms with Crippen LogP contribution in [-0.2, 0) is 11.3 Å². The molecule has 2 rings (SSSR count). The van der Waals surface area contributed by atoms with E-state index >= 15 is 0 Å². The summed E-state index contributed by atoms with van der Waals surface area (Å²) in [6, 6.07) is 7.42. The zero-order valence-electron chi connectivity index (χ0n) is 9.89. The first-order chi connectivity index (χ1) is 7.63. The summed E-state index contributed by atoms with van der Waals surface area (Å²) in [6.45, 7) is 7.10. The van der Waals surface area contributed by atoms with Crippen LogP contribution in [0.15, 0.2) is 24.3 Å². The van der Waals surface area contributed by atoms with E-state index in [0.717, 1.165) is 19.6 Å². The molecule has 3 nitrogen and oxygen atoms in total. The quantitative estimate of drug-likeness (QED) is 0.829. The maximum atomic E-state index is 9.21. The Morgan fingerprint density at radius 2 is 1.75 bits per heavy atom. The largest absolute Gasteiger partial charge is 0.508 e. The third kappa shape index (κ3) is 2.97. The molecule has 16 heavy (non-hydrogen) atoms. The van der Waals surface area contributed by atoms with Crippen molar-refractivity contribution in [3.63, 3.8) is 0 Å². The van der Waals surface area contributed by atoms with E-state index in [1.54, 1.807) is 12.1 Å². The van der Waals surface area contributed by atoms with E-state index in [4.69, 9.17) is 4.74 Å². The van der Waals surface area contributed by atoms with Crippen LogP contribution in [0.25, 0.3) is 0 Å². The number of ether oxygens (including phenoxy) is 1. The molecular weight excluding hydrogens is 202 g/mol. The van der Waals surface area contributed by atoms with Gasteiger partial charge in [0, 0.05) is 19.6 Å². The average Bonchev–Trinajstić information content (AvgIpc) is 2.20. The highest BCUT2D eigenvalue weighted by molar-refractivity contribution is 5.25. The lowest BCUT2D eigenvalue weighted by molar-refractivity contribution is -0.0704. The molecule has 0 aromatic heterocycles. The number of phenols is 1. The molecule has 2 unspecified atom stereocenters. The maximum absolute atomic E-state index is 9.21. The second kappa shape index (κ2) is 4.85. The molecule has 1 aliphatic heterocycles. The molecule has 0 aliphatic carbocycles. The Hall–Kier alpha value is -1.06. The summed E-state index contributed by atoms with van der Waals surface area (Å²) >= 11 is 0. The lowest BCUT2D eigenvalue weighted by Crippen LogP contribution is -2.44. The van der Waals surface area contributed by atoms with Crippen molar-refractivity contribution in [2.45, 2.75) is 32.6 Å². The van der Waals surface area contributed by atoms with Crippen LogP contribution in [0.4, 0.5) is 0 Å². The van der Waals surface area contributed by atoms with Crippen molar-refractivity contribution >= 4 is 0 Å². The summed E-state index contributed by atoms with van der Waals surface area (Å²) in [6.07, 6.45) is 0.613. The monoisotopic (exact) mass is 221 g/mol. The minimum absolute atomic E-state index is 0.306. The maximum Gasteiger partial charge on any atom is 0.115 e. The van der Waals surface area contributed by atoms with Crippen LogP contribution < -0.4 is 0 Å². The molecular formula is C13H19NO2. The normalized spacial score (nSPS) is 26.9. The average molecular weight is 221 g/mol. The Bertz CT molecular complexity index is 326. The van der Waals surface area contributed by atoms with Gasteiger partial charge in [-0.05, 0) is 31.5 Å². The zero-order chi connectivity index (χ0) is 11.5. The van der Waals surface area contributed by atoms with Crippen molar-refractivity contribution in [2.75, 3.05) is 13.1 Å². The summed E-state index contributed by atoms with van der Waals surface area (Å²) in [5, 5.41) is 9.21. The summed E-state index contributed by atoms with van der Waals surface area (Å²) in [4.78, 5) is 2.39. The van der Waals surface area contributed by atoms with Gasteiger partial charge in [-0.2, -0.15) is 0 Å². The van der Waals surface area contributed by atoms with Gasteiger partial charge in [0.15, 0.2) is 0 Å². The van der Waals surface area contributed by atoms with E-state index in [1.807, 2.05) is 12.1 Å². The minimum atomic E-state index is 0.306. The Balaban J connectivity index is 1.96. The Morgan fingerprint density at radius 1 is 1.19 bits per heavy atom. The smallest absolute Gasteiger partial charge is 0.115 e. The standard InChI is InChI=1S/C13H19NO2/c1-10-7-14(8-11(2)16-10)9-12-3-5-13(15)6-4-12/h3-6,10-11,15H,7-9H2,1-2H3. The Morgan fingerprint density at radius 3 is 2.31 bits per heavy atom. The molecule has 0 amide bonds. The fourth-order valence-electron chi connectivity index (χ4n) is 2.27. The first-order valence-electron chi connectivity index (χ1n) is 5.79. The van der Waals surface area contributed by atoms with Gasteiger partial charge in [0.25, 0.3) is 0 Å². The van der Waals surface area contributed by atoms with Gasteiger partial charge in [-0.3, -0.25) is 4.90 Å². The van der Waals surface area contributed by atoms with Crippen LogP contribution >= 0.6 is 0 Å². The topological polar surface area (TPSA) is 32.7 Å². The fourth-order valence-corrected chi connectivity index (χ4v) is 2.27. The van der Waals surface area contributed by atoms with Gasteiger partial charge >= 0.3 is 0 Å². The number of morpholine rings is 1. The van der Waals surface area contributed by atoms with Gasteiger partial charge in [-0.15, -0.1) is 0 Å². The number of hydrogen-bond acceptors (Lipinski definition) is 3. The van der Waals surface area contributed by atoms with E-state index in [2.05, 4.69) is 18.7 Å². The first kappa shape index (κ1) is 11.4. The van der Waals surface area contributed by atoms with Crippen LogP contribution in [0.1, 0.15) is 19.4 Å². The Kier molecular flexibility index (Phi) is 3.46. The molecule has 88 valence electrons. The molecule has 1 aliphatic rings. The third-order valence-corrected chi connectivity index (χ3v) is 2.84. The molecule has 1 heterocycles. The van der Waals surface area contributed by atoms with Crippen molar-refractivity contribution in [1.82, 2.24) is 4.90 Å². The minimum Gasteiger partial charge on any atom is -0.508 e. The lowest BCUT2D eigenvalue weighted by atomic mass is 10.1. The molecule has 1 aromatic carbocycles. The van der Waals surface area contributed by atoms with Crippen LogP contribution in [0, 0.1) is 0 Å². The number of aromatic hydroxyl groups is 1. The number of benzene rings is 1. The van der Waals surface area contributed by atoms with Crippen molar-refractivity contribution in [3.8, 4) is 5.75 Å². The van der Waals surface area contributed by atoms with Crippen molar-refractivity contribution in [3.05, 3.63) is 29.8 Å². The highest BCUT2D eigenvalue weighted by Crippen LogP contribution is 2.16. The molecule has 0 spiro atoms. The number of hydrogen-bond donors (Lipinski definition) is 1. The van der Waals surface area contributed by atoms with Crippen LogP contribution in [0.5, 0.6) is 5.75 Å². The van der Waals surface area contributed by atoms with Crippen LogP contribution in [-0.4, -0.2) is 35.3 Å². The van der Waals surface area contributed by atoms with Gasteiger partial charge in [-0.1, -0.05) is 12.1 Å². The van der Waals surface area contributed by atoms with E-state index in [0.29, 0.717) is 18.0 Å².